The molecule has 0 heterocycles. The molecule has 0 aromatic heterocycles. The van der Waals surface area contributed by atoms with Gasteiger partial charge in [0.25, 0.3) is 6.47 Å². The van der Waals surface area contributed by atoms with E-state index in [1.807, 2.05) is 20.8 Å². The molecule has 0 amide bonds. The van der Waals surface area contributed by atoms with Gasteiger partial charge in [-0.3, -0.25) is 4.79 Å². The molecule has 0 saturated heterocycles. The zero-order valence-electron chi connectivity index (χ0n) is 7.56. The Kier molecular flexibility index (Phi) is 3.97. The summed E-state index contributed by atoms with van der Waals surface area (Å²) in [6, 6.07) is 0. The van der Waals surface area contributed by atoms with Gasteiger partial charge in [-0.15, -0.1) is 0 Å². The van der Waals surface area contributed by atoms with Crippen molar-refractivity contribution in [2.75, 3.05) is 0 Å². The number of rotatable bonds is 1. The van der Waals surface area contributed by atoms with Gasteiger partial charge in [-0.25, -0.2) is 4.39 Å². The highest BCUT2D eigenvalue weighted by Crippen LogP contribution is 2.43. The number of hydrogen-bond acceptors (Lipinski definition) is 2. The standard InChI is InChI=1S/C5H10O2.C3H4ClF/c1-5(2,3)7-4-6;4-3(5)1-2-3/h4H,1-3H3;1-2H2. The molecule has 1 saturated carbocycles. The summed E-state index contributed by atoms with van der Waals surface area (Å²) in [4.78, 5) is 9.60. The molecular formula is C8H14ClFO2. The molecule has 0 aromatic rings. The minimum Gasteiger partial charge on any atom is -0.462 e. The molecule has 12 heavy (non-hydrogen) atoms. The summed E-state index contributed by atoms with van der Waals surface area (Å²) >= 11 is 4.97. The summed E-state index contributed by atoms with van der Waals surface area (Å²) < 4.78 is 16.1. The first-order chi connectivity index (χ1) is 5.27. The lowest BCUT2D eigenvalue weighted by Gasteiger charge is -2.14. The summed E-state index contributed by atoms with van der Waals surface area (Å²) in [5, 5.41) is -1.28. The van der Waals surface area contributed by atoms with E-state index in [-0.39, 0.29) is 5.60 Å². The van der Waals surface area contributed by atoms with E-state index in [2.05, 4.69) is 4.74 Å². The van der Waals surface area contributed by atoms with Crippen molar-refractivity contribution in [2.45, 2.75) is 44.3 Å². The van der Waals surface area contributed by atoms with Gasteiger partial charge >= 0.3 is 0 Å². The lowest BCUT2D eigenvalue weighted by atomic mass is 10.2. The quantitative estimate of drug-likeness (QED) is 0.476. The van der Waals surface area contributed by atoms with Gasteiger partial charge in [-0.05, 0) is 33.6 Å². The fourth-order valence-corrected chi connectivity index (χ4v) is 0.333. The van der Waals surface area contributed by atoms with E-state index in [1.165, 1.54) is 0 Å². The molecule has 0 radical (unpaired) electrons. The maximum absolute atomic E-state index is 11.6. The smallest absolute Gasteiger partial charge is 0.293 e. The van der Waals surface area contributed by atoms with Gasteiger partial charge in [0.15, 0.2) is 5.13 Å². The third-order valence-corrected chi connectivity index (χ3v) is 1.41. The van der Waals surface area contributed by atoms with E-state index in [0.717, 1.165) is 0 Å². The first-order valence-electron chi connectivity index (χ1n) is 3.76. The Morgan fingerprint density at radius 1 is 1.50 bits per heavy atom. The Hall–Kier alpha value is -0.310. The molecule has 0 atom stereocenters. The highest BCUT2D eigenvalue weighted by molar-refractivity contribution is 6.24. The average Bonchev–Trinajstić information content (AvgIpc) is 2.44. The Bertz CT molecular complexity index is 146. The van der Waals surface area contributed by atoms with Crippen LogP contribution >= 0.6 is 11.6 Å². The third kappa shape index (κ3) is 9.69. The summed E-state index contributed by atoms with van der Waals surface area (Å²) in [5.74, 6) is 0. The Balaban J connectivity index is 0.000000211. The van der Waals surface area contributed by atoms with Crippen LogP contribution in [0.15, 0.2) is 0 Å². The molecule has 2 nitrogen and oxygen atoms in total. The zero-order valence-corrected chi connectivity index (χ0v) is 8.32. The molecule has 72 valence electrons. The number of halogens is 2. The molecule has 1 aliphatic carbocycles. The Morgan fingerprint density at radius 3 is 1.83 bits per heavy atom. The molecule has 0 N–H and O–H groups in total. The number of hydrogen-bond donors (Lipinski definition) is 0. The van der Waals surface area contributed by atoms with E-state index in [4.69, 9.17) is 11.6 Å². The molecule has 1 fully saturated rings. The molecule has 1 rings (SSSR count). The largest absolute Gasteiger partial charge is 0.462 e. The molecule has 0 bridgehead atoms. The van der Waals surface area contributed by atoms with E-state index in [1.54, 1.807) is 0 Å². The molecule has 0 unspecified atom stereocenters. The second-order valence-corrected chi connectivity index (χ2v) is 4.36. The number of carbonyl (C=O) groups is 1. The van der Waals surface area contributed by atoms with Gasteiger partial charge in [-0.1, -0.05) is 11.6 Å². The summed E-state index contributed by atoms with van der Waals surface area (Å²) in [7, 11) is 0. The van der Waals surface area contributed by atoms with Crippen molar-refractivity contribution >= 4 is 18.1 Å². The summed E-state index contributed by atoms with van der Waals surface area (Å²) in [5.41, 5.74) is -0.318. The van der Waals surface area contributed by atoms with Crippen LogP contribution in [0.1, 0.15) is 33.6 Å². The number of ether oxygens (including phenoxy) is 1. The molecule has 0 aliphatic heterocycles. The van der Waals surface area contributed by atoms with Crippen LogP contribution in [0.25, 0.3) is 0 Å². The number of alkyl halides is 2. The monoisotopic (exact) mass is 196 g/mol. The second kappa shape index (κ2) is 4.08. The van der Waals surface area contributed by atoms with Gasteiger partial charge < -0.3 is 4.74 Å². The van der Waals surface area contributed by atoms with Crippen LogP contribution in [-0.2, 0) is 9.53 Å². The molecule has 0 aromatic carbocycles. The minimum absolute atomic E-state index is 0.318. The van der Waals surface area contributed by atoms with Crippen molar-refractivity contribution in [1.29, 1.82) is 0 Å². The number of carbonyl (C=O) groups excluding carboxylic acids is 1. The Labute approximate surface area is 77.0 Å². The fraction of sp³-hybridized carbons (Fsp3) is 0.875. The maximum atomic E-state index is 11.6. The van der Waals surface area contributed by atoms with E-state index in [9.17, 15) is 9.18 Å². The third-order valence-electron chi connectivity index (χ3n) is 1.03. The van der Waals surface area contributed by atoms with Crippen molar-refractivity contribution in [3.05, 3.63) is 0 Å². The maximum Gasteiger partial charge on any atom is 0.293 e. The van der Waals surface area contributed by atoms with Crippen LogP contribution in [-0.4, -0.2) is 17.2 Å². The topological polar surface area (TPSA) is 26.3 Å². The van der Waals surface area contributed by atoms with Crippen LogP contribution in [0.4, 0.5) is 4.39 Å². The van der Waals surface area contributed by atoms with Crippen LogP contribution in [0.3, 0.4) is 0 Å². The van der Waals surface area contributed by atoms with Gasteiger partial charge in [0.1, 0.15) is 5.60 Å². The van der Waals surface area contributed by atoms with Gasteiger partial charge in [0.2, 0.25) is 0 Å². The van der Waals surface area contributed by atoms with Crippen LogP contribution in [0.5, 0.6) is 0 Å². The highest BCUT2D eigenvalue weighted by Gasteiger charge is 2.40. The van der Waals surface area contributed by atoms with Crippen molar-refractivity contribution in [3.63, 3.8) is 0 Å². The van der Waals surface area contributed by atoms with Crippen LogP contribution in [0.2, 0.25) is 0 Å². The van der Waals surface area contributed by atoms with E-state index < -0.39 is 5.13 Å². The summed E-state index contributed by atoms with van der Waals surface area (Å²) in [6.07, 6.45) is 1.10. The minimum atomic E-state index is -1.28. The van der Waals surface area contributed by atoms with E-state index in [0.29, 0.717) is 19.3 Å². The lowest BCUT2D eigenvalue weighted by molar-refractivity contribution is -0.138. The Morgan fingerprint density at radius 2 is 1.83 bits per heavy atom. The lowest BCUT2D eigenvalue weighted by Crippen LogP contribution is -2.17. The van der Waals surface area contributed by atoms with Gasteiger partial charge in [-0.2, -0.15) is 0 Å². The first kappa shape index (κ1) is 11.7. The van der Waals surface area contributed by atoms with Crippen LogP contribution < -0.4 is 0 Å². The van der Waals surface area contributed by atoms with Crippen molar-refractivity contribution in [3.8, 4) is 0 Å². The normalized spacial score (nSPS) is 18.8. The van der Waals surface area contributed by atoms with Gasteiger partial charge in [0, 0.05) is 0 Å². The predicted octanol–water partition coefficient (Wildman–Crippen LogP) is 2.64. The van der Waals surface area contributed by atoms with Crippen LogP contribution in [0, 0.1) is 0 Å². The molecule has 1 aliphatic rings. The predicted molar refractivity (Wildman–Crippen MR) is 45.8 cm³/mol. The fourth-order valence-electron chi connectivity index (χ4n) is 0.239. The molecule has 0 spiro atoms. The summed E-state index contributed by atoms with van der Waals surface area (Å²) in [6.45, 7) is 5.92. The van der Waals surface area contributed by atoms with Crippen molar-refractivity contribution in [1.82, 2.24) is 0 Å². The SMILES string of the molecule is CC(C)(C)OC=O.FC1(Cl)CC1. The molecule has 4 heteroatoms. The van der Waals surface area contributed by atoms with E-state index >= 15 is 0 Å². The average molecular weight is 197 g/mol. The van der Waals surface area contributed by atoms with Crippen molar-refractivity contribution < 1.29 is 13.9 Å². The zero-order chi connectivity index (χ0) is 9.83. The van der Waals surface area contributed by atoms with Crippen molar-refractivity contribution in [2.24, 2.45) is 0 Å². The molecular weight excluding hydrogens is 183 g/mol. The van der Waals surface area contributed by atoms with Gasteiger partial charge in [0.05, 0.1) is 0 Å². The first-order valence-corrected chi connectivity index (χ1v) is 4.14. The second-order valence-electron chi connectivity index (χ2n) is 3.68. The highest BCUT2D eigenvalue weighted by atomic mass is 35.5.